The molecule has 1 saturated carbocycles. The van der Waals surface area contributed by atoms with Gasteiger partial charge < -0.3 is 4.79 Å². The molecule has 1 aromatic rings. The number of rotatable bonds is 4. The van der Waals surface area contributed by atoms with Crippen molar-refractivity contribution in [2.75, 3.05) is 6.26 Å². The van der Waals surface area contributed by atoms with E-state index in [1.54, 1.807) is 0 Å². The smallest absolute Gasteiger partial charge is 0.151 e. The Morgan fingerprint density at radius 3 is 2.18 bits per heavy atom. The molecule has 1 fully saturated rings. The molecule has 0 aromatic heterocycles. The van der Waals surface area contributed by atoms with Crippen LogP contribution in [0.25, 0.3) is 0 Å². The number of aldehydes is 1. The highest BCUT2D eigenvalue weighted by atomic mass is 32.2. The summed E-state index contributed by atoms with van der Waals surface area (Å²) in [5.41, 5.74) is 2.17. The molecule has 1 aliphatic rings. The molecule has 1 aromatic carbocycles. The fourth-order valence-electron chi connectivity index (χ4n) is 2.41. The van der Waals surface area contributed by atoms with Crippen LogP contribution in [0.1, 0.15) is 24.0 Å². The van der Waals surface area contributed by atoms with Gasteiger partial charge in [-0.2, -0.15) is 0 Å². The van der Waals surface area contributed by atoms with Gasteiger partial charge in [0, 0.05) is 18.1 Å². The summed E-state index contributed by atoms with van der Waals surface area (Å²) >= 11 is 0. The molecule has 0 aliphatic heterocycles. The van der Waals surface area contributed by atoms with E-state index in [1.807, 2.05) is 24.3 Å². The lowest BCUT2D eigenvalue weighted by Crippen LogP contribution is -2.07. The van der Waals surface area contributed by atoms with Crippen LogP contribution in [0.4, 0.5) is 0 Å². The molecular weight excluding hydrogens is 236 g/mol. The lowest BCUT2D eigenvalue weighted by Gasteiger charge is -2.01. The van der Waals surface area contributed by atoms with Crippen LogP contribution >= 0.6 is 0 Å². The molecule has 0 bridgehead atoms. The van der Waals surface area contributed by atoms with Gasteiger partial charge >= 0.3 is 0 Å². The second-order valence-corrected chi connectivity index (χ2v) is 6.83. The van der Waals surface area contributed by atoms with Gasteiger partial charge in [0.2, 0.25) is 0 Å². The first-order valence-electron chi connectivity index (χ1n) is 5.72. The largest absolute Gasteiger partial charge is 0.303 e. The van der Waals surface area contributed by atoms with E-state index in [1.165, 1.54) is 11.8 Å². The normalized spacial score (nSPS) is 27.8. The van der Waals surface area contributed by atoms with Crippen LogP contribution < -0.4 is 0 Å². The molecule has 2 rings (SSSR count). The van der Waals surface area contributed by atoms with Crippen molar-refractivity contribution in [2.24, 2.45) is 5.92 Å². The minimum absolute atomic E-state index is 0.145. The molecule has 0 saturated heterocycles. The maximum absolute atomic E-state index is 11.5. The fourth-order valence-corrected chi connectivity index (χ4v) is 3.99. The van der Waals surface area contributed by atoms with Crippen LogP contribution in [0, 0.1) is 5.92 Å². The molecule has 17 heavy (non-hydrogen) atoms. The zero-order valence-corrected chi connectivity index (χ0v) is 10.8. The Morgan fingerprint density at radius 1 is 1.24 bits per heavy atom. The second kappa shape index (κ2) is 4.26. The predicted octanol–water partition coefficient (Wildman–Crippen LogP) is 1.57. The Kier molecular flexibility index (Phi) is 3.08. The van der Waals surface area contributed by atoms with Gasteiger partial charge in [0.05, 0.1) is 5.25 Å². The van der Waals surface area contributed by atoms with Gasteiger partial charge in [0.25, 0.3) is 0 Å². The number of hydrogen-bond acceptors (Lipinski definition) is 3. The van der Waals surface area contributed by atoms with E-state index in [9.17, 15) is 13.2 Å². The molecule has 0 radical (unpaired) electrons. The van der Waals surface area contributed by atoms with E-state index in [0.717, 1.165) is 18.3 Å². The summed E-state index contributed by atoms with van der Waals surface area (Å²) in [4.78, 5) is 10.9. The van der Waals surface area contributed by atoms with Crippen molar-refractivity contribution in [3.63, 3.8) is 0 Å². The highest BCUT2D eigenvalue weighted by molar-refractivity contribution is 7.91. The summed E-state index contributed by atoms with van der Waals surface area (Å²) in [5, 5.41) is -0.521. The van der Waals surface area contributed by atoms with Crippen molar-refractivity contribution < 1.29 is 13.2 Å². The molecule has 3 atom stereocenters. The summed E-state index contributed by atoms with van der Waals surface area (Å²) in [6, 6.07) is 7.86. The Morgan fingerprint density at radius 2 is 1.82 bits per heavy atom. The van der Waals surface area contributed by atoms with Gasteiger partial charge in [-0.3, -0.25) is 0 Å². The number of hydrogen-bond donors (Lipinski definition) is 0. The molecule has 0 N–H and O–H groups in total. The summed E-state index contributed by atoms with van der Waals surface area (Å²) in [7, 11) is -3.14. The molecule has 0 amide bonds. The SMILES string of the molecule is CCc1ccc([C@@H]2[C@@H](C=O)[C@@H]2S(C)(=O)=O)cc1. The van der Waals surface area contributed by atoms with Crippen LogP contribution in [0.3, 0.4) is 0 Å². The first kappa shape index (κ1) is 12.3. The quantitative estimate of drug-likeness (QED) is 0.764. The van der Waals surface area contributed by atoms with E-state index in [-0.39, 0.29) is 11.8 Å². The Balaban J connectivity index is 2.26. The fraction of sp³-hybridized carbons (Fsp3) is 0.462. The summed E-state index contributed by atoms with van der Waals surface area (Å²) in [6.45, 7) is 2.07. The molecule has 0 unspecified atom stereocenters. The van der Waals surface area contributed by atoms with E-state index < -0.39 is 15.1 Å². The molecule has 92 valence electrons. The van der Waals surface area contributed by atoms with Crippen LogP contribution in [-0.2, 0) is 21.1 Å². The van der Waals surface area contributed by atoms with E-state index in [0.29, 0.717) is 0 Å². The monoisotopic (exact) mass is 252 g/mol. The summed E-state index contributed by atoms with van der Waals surface area (Å²) in [5.74, 6) is -0.508. The van der Waals surface area contributed by atoms with Crippen LogP contribution in [0.15, 0.2) is 24.3 Å². The van der Waals surface area contributed by atoms with Gasteiger partial charge in [-0.15, -0.1) is 0 Å². The summed E-state index contributed by atoms with van der Waals surface area (Å²) < 4.78 is 23.0. The zero-order valence-electron chi connectivity index (χ0n) is 9.96. The number of sulfone groups is 1. The van der Waals surface area contributed by atoms with Gasteiger partial charge in [-0.25, -0.2) is 8.42 Å². The first-order chi connectivity index (χ1) is 7.99. The highest BCUT2D eigenvalue weighted by Gasteiger charge is 2.57. The third kappa shape index (κ3) is 2.27. The average Bonchev–Trinajstić information content (AvgIpc) is 3.03. The Labute approximate surface area is 102 Å². The van der Waals surface area contributed by atoms with Gasteiger partial charge in [0.15, 0.2) is 9.84 Å². The van der Waals surface area contributed by atoms with Crippen molar-refractivity contribution in [3.05, 3.63) is 35.4 Å². The van der Waals surface area contributed by atoms with E-state index in [4.69, 9.17) is 0 Å². The maximum atomic E-state index is 11.5. The van der Waals surface area contributed by atoms with Crippen molar-refractivity contribution in [3.8, 4) is 0 Å². The summed E-state index contributed by atoms with van der Waals surface area (Å²) in [6.07, 6.45) is 2.93. The van der Waals surface area contributed by atoms with E-state index >= 15 is 0 Å². The lowest BCUT2D eigenvalue weighted by atomic mass is 10.1. The number of aryl methyl sites for hydroxylation is 1. The highest BCUT2D eigenvalue weighted by Crippen LogP contribution is 2.50. The molecule has 4 heteroatoms. The number of benzene rings is 1. The Hall–Kier alpha value is -1.16. The van der Waals surface area contributed by atoms with E-state index in [2.05, 4.69) is 6.92 Å². The van der Waals surface area contributed by atoms with Crippen LogP contribution in [0.2, 0.25) is 0 Å². The lowest BCUT2D eigenvalue weighted by molar-refractivity contribution is -0.108. The third-order valence-electron chi connectivity index (χ3n) is 3.43. The molecular formula is C13H16O3S. The standard InChI is InChI=1S/C13H16O3S/c1-3-9-4-6-10(7-5-9)12-11(8-14)13(12)17(2,15)16/h4-8,11-13H,3H2,1-2H3/t11-,12-,13+/m1/s1. The van der Waals surface area contributed by atoms with Gasteiger partial charge in [-0.1, -0.05) is 31.2 Å². The molecule has 0 heterocycles. The number of carbonyl (C=O) groups is 1. The molecule has 1 aliphatic carbocycles. The minimum Gasteiger partial charge on any atom is -0.303 e. The maximum Gasteiger partial charge on any atom is 0.151 e. The topological polar surface area (TPSA) is 51.2 Å². The average molecular weight is 252 g/mol. The van der Waals surface area contributed by atoms with Crippen molar-refractivity contribution >= 4 is 16.1 Å². The van der Waals surface area contributed by atoms with Gasteiger partial charge in [0.1, 0.15) is 6.29 Å². The first-order valence-corrected chi connectivity index (χ1v) is 7.67. The predicted molar refractivity (Wildman–Crippen MR) is 66.7 cm³/mol. The van der Waals surface area contributed by atoms with Crippen LogP contribution in [-0.4, -0.2) is 26.2 Å². The second-order valence-electron chi connectivity index (χ2n) is 4.63. The van der Waals surface area contributed by atoms with Crippen LogP contribution in [0.5, 0.6) is 0 Å². The van der Waals surface area contributed by atoms with Gasteiger partial charge in [-0.05, 0) is 17.5 Å². The van der Waals surface area contributed by atoms with Crippen molar-refractivity contribution in [1.29, 1.82) is 0 Å². The molecule has 0 spiro atoms. The minimum atomic E-state index is -3.14. The third-order valence-corrected chi connectivity index (χ3v) is 5.03. The molecule has 3 nitrogen and oxygen atoms in total. The zero-order chi connectivity index (χ0) is 12.6. The van der Waals surface area contributed by atoms with Crippen molar-refractivity contribution in [1.82, 2.24) is 0 Å². The Bertz CT molecular complexity index is 516. The number of carbonyl (C=O) groups excluding carboxylic acids is 1. The van der Waals surface area contributed by atoms with Crippen molar-refractivity contribution in [2.45, 2.75) is 24.5 Å².